The lowest BCUT2D eigenvalue weighted by atomic mass is 10.1. The van der Waals surface area contributed by atoms with E-state index >= 15 is 0 Å². The Morgan fingerprint density at radius 3 is 2.58 bits per heavy atom. The van der Waals surface area contributed by atoms with Crippen LogP contribution in [0.25, 0.3) is 5.65 Å². The van der Waals surface area contributed by atoms with Gasteiger partial charge < -0.3 is 5.32 Å². The van der Waals surface area contributed by atoms with Gasteiger partial charge in [0.15, 0.2) is 5.82 Å². The van der Waals surface area contributed by atoms with Crippen molar-refractivity contribution in [2.24, 2.45) is 0 Å². The first-order chi connectivity index (χ1) is 12.4. The zero-order chi connectivity index (χ0) is 18.3. The van der Waals surface area contributed by atoms with E-state index in [0.29, 0.717) is 11.5 Å². The van der Waals surface area contributed by atoms with Gasteiger partial charge in [0.2, 0.25) is 11.8 Å². The van der Waals surface area contributed by atoms with Crippen molar-refractivity contribution in [3.8, 4) is 0 Å². The first-order valence-corrected chi connectivity index (χ1v) is 7.72. The molecule has 0 aliphatic heterocycles. The highest BCUT2D eigenvalue weighted by Gasteiger charge is 2.38. The quantitative estimate of drug-likeness (QED) is 0.582. The molecule has 4 rings (SSSR count). The summed E-state index contributed by atoms with van der Waals surface area (Å²) in [7, 11) is 0. The average molecular weight is 358 g/mol. The van der Waals surface area contributed by atoms with E-state index in [-0.39, 0.29) is 5.95 Å². The third-order valence-corrected chi connectivity index (χ3v) is 3.82. The summed E-state index contributed by atoms with van der Waals surface area (Å²) in [5.41, 5.74) is 0.713. The SMILES string of the molecule is Cc1cc(Nc2nc(C(F)(F)c3ccc(F)cc3)nc3cccn23)n[nH]1. The van der Waals surface area contributed by atoms with Gasteiger partial charge in [0.25, 0.3) is 0 Å². The standard InChI is InChI=1S/C17H13F3N6/c1-10-9-13(25-24-10)21-16-23-15(22-14-3-2-8-26(14)16)17(19,20)11-4-6-12(18)7-5-11/h2-9H,1H3,(H2,21,22,23,24,25). The summed E-state index contributed by atoms with van der Waals surface area (Å²) in [6.07, 6.45) is 1.65. The van der Waals surface area contributed by atoms with E-state index in [2.05, 4.69) is 25.5 Å². The Morgan fingerprint density at radius 2 is 1.88 bits per heavy atom. The molecular weight excluding hydrogens is 345 g/mol. The fraction of sp³-hybridized carbons (Fsp3) is 0.118. The molecular formula is C17H13F3N6. The van der Waals surface area contributed by atoms with E-state index in [9.17, 15) is 13.2 Å². The number of benzene rings is 1. The van der Waals surface area contributed by atoms with Crippen LogP contribution in [0.3, 0.4) is 0 Å². The molecule has 0 aliphatic rings. The van der Waals surface area contributed by atoms with Crippen LogP contribution in [0.15, 0.2) is 48.7 Å². The normalized spacial score (nSPS) is 11.8. The maximum atomic E-state index is 14.9. The Morgan fingerprint density at radius 1 is 1.12 bits per heavy atom. The number of alkyl halides is 2. The molecule has 26 heavy (non-hydrogen) atoms. The molecule has 4 aromatic rings. The summed E-state index contributed by atoms with van der Waals surface area (Å²) in [5, 5.41) is 9.68. The smallest absolute Gasteiger partial charge is 0.308 e. The van der Waals surface area contributed by atoms with Crippen molar-refractivity contribution in [3.63, 3.8) is 0 Å². The van der Waals surface area contributed by atoms with Gasteiger partial charge in [-0.05, 0) is 43.3 Å². The second-order valence-electron chi connectivity index (χ2n) is 5.75. The summed E-state index contributed by atoms with van der Waals surface area (Å²) in [6.45, 7) is 1.82. The second kappa shape index (κ2) is 5.87. The molecule has 3 heterocycles. The van der Waals surface area contributed by atoms with Crippen LogP contribution < -0.4 is 5.32 Å². The van der Waals surface area contributed by atoms with Gasteiger partial charge in [0, 0.05) is 23.5 Å². The molecule has 0 spiro atoms. The fourth-order valence-corrected chi connectivity index (χ4v) is 2.54. The zero-order valence-electron chi connectivity index (χ0n) is 13.5. The van der Waals surface area contributed by atoms with Gasteiger partial charge in [0.1, 0.15) is 11.5 Å². The highest BCUT2D eigenvalue weighted by molar-refractivity contribution is 5.54. The molecule has 0 unspecified atom stereocenters. The Labute approximate surface area is 145 Å². The van der Waals surface area contributed by atoms with E-state index in [1.165, 1.54) is 4.40 Å². The number of H-pyrrole nitrogens is 1. The molecule has 132 valence electrons. The van der Waals surface area contributed by atoms with Crippen LogP contribution in [0.1, 0.15) is 17.1 Å². The molecule has 0 saturated heterocycles. The number of anilines is 2. The predicted molar refractivity (Wildman–Crippen MR) is 89.0 cm³/mol. The number of hydrogen-bond acceptors (Lipinski definition) is 4. The van der Waals surface area contributed by atoms with E-state index in [4.69, 9.17) is 0 Å². The Balaban J connectivity index is 1.81. The van der Waals surface area contributed by atoms with Crippen LogP contribution in [0, 0.1) is 12.7 Å². The number of halogens is 3. The van der Waals surface area contributed by atoms with E-state index < -0.39 is 23.1 Å². The maximum absolute atomic E-state index is 14.9. The third kappa shape index (κ3) is 2.77. The molecule has 0 atom stereocenters. The molecule has 1 aromatic carbocycles. The molecule has 6 nitrogen and oxygen atoms in total. The minimum atomic E-state index is -3.49. The first kappa shape index (κ1) is 16.1. The van der Waals surface area contributed by atoms with Crippen LogP contribution in [-0.4, -0.2) is 24.6 Å². The Kier molecular flexibility index (Phi) is 3.64. The van der Waals surface area contributed by atoms with Crippen LogP contribution in [0.2, 0.25) is 0 Å². The van der Waals surface area contributed by atoms with Gasteiger partial charge in [-0.3, -0.25) is 9.50 Å². The molecule has 0 saturated carbocycles. The molecule has 0 amide bonds. The Hall–Kier alpha value is -3.36. The van der Waals surface area contributed by atoms with Gasteiger partial charge in [-0.15, -0.1) is 0 Å². The number of aryl methyl sites for hydroxylation is 1. The summed E-state index contributed by atoms with van der Waals surface area (Å²) in [6, 6.07) is 8.97. The number of nitrogens with zero attached hydrogens (tertiary/aromatic N) is 4. The number of nitrogens with one attached hydrogen (secondary N) is 2. The molecule has 2 N–H and O–H groups in total. The lowest BCUT2D eigenvalue weighted by molar-refractivity contribution is 0.0330. The van der Waals surface area contributed by atoms with Crippen LogP contribution in [-0.2, 0) is 5.92 Å². The third-order valence-electron chi connectivity index (χ3n) is 3.82. The highest BCUT2D eigenvalue weighted by Crippen LogP contribution is 2.34. The van der Waals surface area contributed by atoms with Gasteiger partial charge in [-0.1, -0.05) is 0 Å². The fourth-order valence-electron chi connectivity index (χ4n) is 2.54. The molecule has 0 bridgehead atoms. The summed E-state index contributed by atoms with van der Waals surface area (Å²) in [4.78, 5) is 7.94. The van der Waals surface area contributed by atoms with Crippen molar-refractivity contribution in [2.45, 2.75) is 12.8 Å². The topological polar surface area (TPSA) is 70.9 Å². The lowest BCUT2D eigenvalue weighted by Crippen LogP contribution is -2.21. The van der Waals surface area contributed by atoms with E-state index in [0.717, 1.165) is 30.0 Å². The predicted octanol–water partition coefficient (Wildman–Crippen LogP) is 3.78. The monoisotopic (exact) mass is 358 g/mol. The van der Waals surface area contributed by atoms with Gasteiger partial charge in [-0.2, -0.15) is 18.9 Å². The second-order valence-corrected chi connectivity index (χ2v) is 5.75. The lowest BCUT2D eigenvalue weighted by Gasteiger charge is -2.17. The summed E-state index contributed by atoms with van der Waals surface area (Å²) < 4.78 is 44.3. The number of aromatic nitrogens is 5. The van der Waals surface area contributed by atoms with Crippen molar-refractivity contribution in [1.29, 1.82) is 0 Å². The molecule has 9 heteroatoms. The van der Waals surface area contributed by atoms with Gasteiger partial charge >= 0.3 is 5.92 Å². The number of fused-ring (bicyclic) bond motifs is 1. The number of rotatable bonds is 4. The summed E-state index contributed by atoms with van der Waals surface area (Å²) >= 11 is 0. The van der Waals surface area contributed by atoms with Crippen LogP contribution in [0.5, 0.6) is 0 Å². The minimum absolute atomic E-state index is 0.142. The van der Waals surface area contributed by atoms with Gasteiger partial charge in [-0.25, -0.2) is 9.37 Å². The minimum Gasteiger partial charge on any atom is -0.308 e. The van der Waals surface area contributed by atoms with Crippen LogP contribution in [0.4, 0.5) is 24.9 Å². The molecule has 0 aliphatic carbocycles. The van der Waals surface area contributed by atoms with Crippen molar-refractivity contribution in [3.05, 3.63) is 71.6 Å². The van der Waals surface area contributed by atoms with Crippen molar-refractivity contribution >= 4 is 17.4 Å². The van der Waals surface area contributed by atoms with Gasteiger partial charge in [0.05, 0.1) is 0 Å². The number of hydrogen-bond donors (Lipinski definition) is 2. The van der Waals surface area contributed by atoms with Crippen LogP contribution >= 0.6 is 0 Å². The summed E-state index contributed by atoms with van der Waals surface area (Å²) in [5.74, 6) is -4.19. The molecule has 0 fully saturated rings. The van der Waals surface area contributed by atoms with E-state index in [1.54, 1.807) is 24.4 Å². The molecule has 0 radical (unpaired) electrons. The van der Waals surface area contributed by atoms with Crippen molar-refractivity contribution < 1.29 is 13.2 Å². The zero-order valence-corrected chi connectivity index (χ0v) is 13.5. The molecule has 3 aromatic heterocycles. The first-order valence-electron chi connectivity index (χ1n) is 7.72. The van der Waals surface area contributed by atoms with Crippen molar-refractivity contribution in [2.75, 3.05) is 5.32 Å². The maximum Gasteiger partial charge on any atom is 0.331 e. The largest absolute Gasteiger partial charge is 0.331 e. The van der Waals surface area contributed by atoms with E-state index in [1.807, 2.05) is 6.92 Å². The average Bonchev–Trinajstić information content (AvgIpc) is 3.24. The Bertz CT molecular complexity index is 1070. The number of aromatic amines is 1. The highest BCUT2D eigenvalue weighted by atomic mass is 19.3. The van der Waals surface area contributed by atoms with Crippen molar-refractivity contribution in [1.82, 2.24) is 24.6 Å².